The smallest absolute Gasteiger partial charge is 0.162 e. The van der Waals surface area contributed by atoms with Crippen LogP contribution in [0.5, 0.6) is 0 Å². The lowest BCUT2D eigenvalue weighted by Gasteiger charge is -2.26. The summed E-state index contributed by atoms with van der Waals surface area (Å²) in [5.41, 5.74) is 0.634. The van der Waals surface area contributed by atoms with E-state index in [0.29, 0.717) is 23.8 Å². The van der Waals surface area contributed by atoms with Gasteiger partial charge in [0.1, 0.15) is 0 Å². The standard InChI is InChI=1S/C17H25F2N/c1-17(2,3)20-11-14-8-4-6-12(14)10-13-7-5-9-15(18)16(13)19/h5,7,9,12,14,20H,4,6,8,10-11H2,1-3H3. The molecule has 0 amide bonds. The summed E-state index contributed by atoms with van der Waals surface area (Å²) < 4.78 is 27.0. The second kappa shape index (κ2) is 6.21. The lowest BCUT2D eigenvalue weighted by atomic mass is 9.89. The van der Waals surface area contributed by atoms with Gasteiger partial charge in [-0.3, -0.25) is 0 Å². The second-order valence-electron chi connectivity index (χ2n) is 7.00. The Balaban J connectivity index is 1.99. The van der Waals surface area contributed by atoms with Gasteiger partial charge >= 0.3 is 0 Å². The van der Waals surface area contributed by atoms with Gasteiger partial charge in [-0.1, -0.05) is 18.6 Å². The first kappa shape index (κ1) is 15.4. The highest BCUT2D eigenvalue weighted by Crippen LogP contribution is 2.34. The van der Waals surface area contributed by atoms with Crippen LogP contribution in [-0.2, 0) is 6.42 Å². The van der Waals surface area contributed by atoms with Gasteiger partial charge < -0.3 is 5.32 Å². The first-order valence-corrected chi connectivity index (χ1v) is 7.55. The third-order valence-electron chi connectivity index (χ3n) is 4.22. The van der Waals surface area contributed by atoms with Crippen molar-refractivity contribution in [3.63, 3.8) is 0 Å². The molecule has 0 saturated heterocycles. The molecule has 0 bridgehead atoms. The Labute approximate surface area is 120 Å². The molecule has 0 aliphatic heterocycles. The van der Waals surface area contributed by atoms with Crippen molar-refractivity contribution in [2.24, 2.45) is 11.8 Å². The predicted molar refractivity (Wildman–Crippen MR) is 78.6 cm³/mol. The van der Waals surface area contributed by atoms with Crippen LogP contribution in [0.25, 0.3) is 0 Å². The lowest BCUT2D eigenvalue weighted by Crippen LogP contribution is -2.40. The topological polar surface area (TPSA) is 12.0 Å². The molecule has 1 fully saturated rings. The maximum Gasteiger partial charge on any atom is 0.162 e. The fraction of sp³-hybridized carbons (Fsp3) is 0.647. The molecule has 1 aromatic rings. The minimum absolute atomic E-state index is 0.108. The van der Waals surface area contributed by atoms with Crippen molar-refractivity contribution >= 4 is 0 Å². The van der Waals surface area contributed by atoms with E-state index in [1.54, 1.807) is 12.1 Å². The molecule has 1 aromatic carbocycles. The molecule has 2 rings (SSSR count). The SMILES string of the molecule is CC(C)(C)NCC1CCCC1Cc1cccc(F)c1F. The van der Waals surface area contributed by atoms with Gasteiger partial charge in [-0.15, -0.1) is 0 Å². The van der Waals surface area contributed by atoms with Gasteiger partial charge in [0.25, 0.3) is 0 Å². The van der Waals surface area contributed by atoms with Crippen LogP contribution in [0, 0.1) is 23.5 Å². The minimum Gasteiger partial charge on any atom is -0.312 e. The highest BCUT2D eigenvalue weighted by Gasteiger charge is 2.29. The Bertz CT molecular complexity index is 451. The van der Waals surface area contributed by atoms with Crippen LogP contribution in [0.4, 0.5) is 8.78 Å². The molecule has 0 radical (unpaired) electrons. The van der Waals surface area contributed by atoms with Gasteiger partial charge in [0.2, 0.25) is 0 Å². The molecule has 20 heavy (non-hydrogen) atoms. The van der Waals surface area contributed by atoms with E-state index in [2.05, 4.69) is 26.1 Å². The van der Waals surface area contributed by atoms with Gasteiger partial charge in [-0.2, -0.15) is 0 Å². The summed E-state index contributed by atoms with van der Waals surface area (Å²) in [7, 11) is 0. The lowest BCUT2D eigenvalue weighted by molar-refractivity contribution is 0.314. The van der Waals surface area contributed by atoms with E-state index >= 15 is 0 Å². The third kappa shape index (κ3) is 4.02. The van der Waals surface area contributed by atoms with E-state index in [4.69, 9.17) is 0 Å². The molecule has 1 saturated carbocycles. The van der Waals surface area contributed by atoms with Crippen LogP contribution in [0.15, 0.2) is 18.2 Å². The molecule has 3 heteroatoms. The Morgan fingerprint density at radius 3 is 2.55 bits per heavy atom. The molecule has 0 spiro atoms. The predicted octanol–water partition coefficient (Wildman–Crippen LogP) is 4.31. The van der Waals surface area contributed by atoms with Gasteiger partial charge in [-0.05, 0) is 70.0 Å². The summed E-state index contributed by atoms with van der Waals surface area (Å²) in [4.78, 5) is 0. The largest absolute Gasteiger partial charge is 0.312 e. The quantitative estimate of drug-likeness (QED) is 0.867. The summed E-state index contributed by atoms with van der Waals surface area (Å²) in [5.74, 6) is -0.371. The summed E-state index contributed by atoms with van der Waals surface area (Å²) >= 11 is 0. The maximum atomic E-state index is 13.8. The highest BCUT2D eigenvalue weighted by molar-refractivity contribution is 5.19. The molecular formula is C17H25F2N. The Hall–Kier alpha value is -0.960. The third-order valence-corrected chi connectivity index (χ3v) is 4.22. The number of halogens is 2. The molecule has 112 valence electrons. The van der Waals surface area contributed by atoms with Crippen molar-refractivity contribution in [1.82, 2.24) is 5.32 Å². The zero-order valence-electron chi connectivity index (χ0n) is 12.7. The van der Waals surface area contributed by atoms with Crippen LogP contribution in [0.3, 0.4) is 0 Å². The molecule has 0 aromatic heterocycles. The van der Waals surface area contributed by atoms with Crippen LogP contribution < -0.4 is 5.32 Å². The van der Waals surface area contributed by atoms with E-state index in [1.807, 2.05) is 0 Å². The number of hydrogen-bond donors (Lipinski definition) is 1. The first-order chi connectivity index (χ1) is 9.37. The Morgan fingerprint density at radius 2 is 1.85 bits per heavy atom. The second-order valence-corrected chi connectivity index (χ2v) is 7.00. The van der Waals surface area contributed by atoms with Crippen molar-refractivity contribution in [3.8, 4) is 0 Å². The zero-order valence-corrected chi connectivity index (χ0v) is 12.7. The average molecular weight is 281 g/mol. The number of nitrogens with one attached hydrogen (secondary N) is 1. The van der Waals surface area contributed by atoms with E-state index in [1.165, 1.54) is 18.9 Å². The van der Waals surface area contributed by atoms with E-state index < -0.39 is 11.6 Å². The normalized spacial score (nSPS) is 23.2. The van der Waals surface area contributed by atoms with E-state index in [9.17, 15) is 8.78 Å². The van der Waals surface area contributed by atoms with Crippen molar-refractivity contribution in [1.29, 1.82) is 0 Å². The summed E-state index contributed by atoms with van der Waals surface area (Å²) in [6, 6.07) is 4.50. The molecular weight excluding hydrogens is 256 g/mol. The van der Waals surface area contributed by atoms with Crippen molar-refractivity contribution in [2.45, 2.75) is 52.0 Å². The zero-order chi connectivity index (χ0) is 14.8. The molecule has 1 nitrogen and oxygen atoms in total. The van der Waals surface area contributed by atoms with Crippen LogP contribution in [0.2, 0.25) is 0 Å². The monoisotopic (exact) mass is 281 g/mol. The van der Waals surface area contributed by atoms with Crippen LogP contribution in [0.1, 0.15) is 45.6 Å². The molecule has 0 heterocycles. The fourth-order valence-corrected chi connectivity index (χ4v) is 3.08. The Morgan fingerprint density at radius 1 is 1.15 bits per heavy atom. The van der Waals surface area contributed by atoms with Crippen LogP contribution >= 0.6 is 0 Å². The minimum atomic E-state index is -0.732. The average Bonchev–Trinajstić information content (AvgIpc) is 2.79. The molecule has 1 aliphatic carbocycles. The van der Waals surface area contributed by atoms with Gasteiger partial charge in [0, 0.05) is 5.54 Å². The molecule has 2 atom stereocenters. The first-order valence-electron chi connectivity index (χ1n) is 7.55. The van der Waals surface area contributed by atoms with Crippen molar-refractivity contribution < 1.29 is 8.78 Å². The van der Waals surface area contributed by atoms with Gasteiger partial charge in [-0.25, -0.2) is 8.78 Å². The molecule has 1 N–H and O–H groups in total. The summed E-state index contributed by atoms with van der Waals surface area (Å²) in [6.07, 6.45) is 4.15. The van der Waals surface area contributed by atoms with Crippen molar-refractivity contribution in [3.05, 3.63) is 35.4 Å². The molecule has 2 unspecified atom stereocenters. The number of benzene rings is 1. The number of rotatable bonds is 4. The summed E-state index contributed by atoms with van der Waals surface area (Å²) in [6.45, 7) is 7.43. The summed E-state index contributed by atoms with van der Waals surface area (Å²) in [5, 5.41) is 3.54. The van der Waals surface area contributed by atoms with Crippen LogP contribution in [-0.4, -0.2) is 12.1 Å². The Kier molecular flexibility index (Phi) is 4.79. The molecule has 1 aliphatic rings. The van der Waals surface area contributed by atoms with Gasteiger partial charge in [0.05, 0.1) is 0 Å². The maximum absolute atomic E-state index is 13.8. The number of hydrogen-bond acceptors (Lipinski definition) is 1. The van der Waals surface area contributed by atoms with Crippen molar-refractivity contribution in [2.75, 3.05) is 6.54 Å². The van der Waals surface area contributed by atoms with E-state index in [0.717, 1.165) is 13.0 Å². The van der Waals surface area contributed by atoms with E-state index in [-0.39, 0.29) is 5.54 Å². The highest BCUT2D eigenvalue weighted by atomic mass is 19.2. The fourth-order valence-electron chi connectivity index (χ4n) is 3.08. The van der Waals surface area contributed by atoms with Gasteiger partial charge in [0.15, 0.2) is 11.6 Å².